The topological polar surface area (TPSA) is 38.0 Å². The van der Waals surface area contributed by atoms with Gasteiger partial charge in [-0.1, -0.05) is 31.2 Å². The smallest absolute Gasteiger partial charge is 0.0802 e. The van der Waals surface area contributed by atoms with Crippen molar-refractivity contribution in [1.82, 2.24) is 9.55 Å². The number of para-hydroxylation sites is 1. The van der Waals surface area contributed by atoms with Crippen LogP contribution < -0.4 is 0 Å². The van der Waals surface area contributed by atoms with Gasteiger partial charge in [0, 0.05) is 30.5 Å². The molecular formula is C17H18N2O. The summed E-state index contributed by atoms with van der Waals surface area (Å²) in [7, 11) is 0. The van der Waals surface area contributed by atoms with Crippen molar-refractivity contribution in [3.63, 3.8) is 0 Å². The first-order chi connectivity index (χ1) is 9.78. The normalized spacial score (nSPS) is 12.7. The third kappa shape index (κ3) is 2.45. The molecule has 0 saturated heterocycles. The van der Waals surface area contributed by atoms with Gasteiger partial charge in [-0.25, -0.2) is 0 Å². The number of rotatable bonds is 4. The van der Waals surface area contributed by atoms with E-state index in [2.05, 4.69) is 33.8 Å². The molecular weight excluding hydrogens is 248 g/mol. The molecule has 3 aromatic rings. The Hall–Kier alpha value is -2.13. The van der Waals surface area contributed by atoms with Crippen molar-refractivity contribution in [1.29, 1.82) is 0 Å². The van der Waals surface area contributed by atoms with Crippen LogP contribution in [0.2, 0.25) is 0 Å². The fourth-order valence-corrected chi connectivity index (χ4v) is 2.48. The lowest BCUT2D eigenvalue weighted by molar-refractivity contribution is 0.173. The average molecular weight is 266 g/mol. The maximum absolute atomic E-state index is 9.85. The average Bonchev–Trinajstić information content (AvgIpc) is 2.95. The van der Waals surface area contributed by atoms with Gasteiger partial charge in [-0.3, -0.25) is 4.98 Å². The summed E-state index contributed by atoms with van der Waals surface area (Å²) in [6, 6.07) is 12.3. The maximum atomic E-state index is 9.85. The van der Waals surface area contributed by atoms with Crippen LogP contribution in [0.4, 0.5) is 0 Å². The van der Waals surface area contributed by atoms with Crippen LogP contribution in [0.25, 0.3) is 10.9 Å². The summed E-state index contributed by atoms with van der Waals surface area (Å²) < 4.78 is 2.09. The summed E-state index contributed by atoms with van der Waals surface area (Å²) in [5.41, 5.74) is 3.21. The van der Waals surface area contributed by atoms with Gasteiger partial charge in [0.15, 0.2) is 0 Å². The van der Waals surface area contributed by atoms with Gasteiger partial charge in [0.05, 0.1) is 11.6 Å². The molecule has 3 nitrogen and oxygen atoms in total. The molecule has 1 aromatic carbocycles. The summed E-state index contributed by atoms with van der Waals surface area (Å²) in [4.78, 5) is 4.47. The van der Waals surface area contributed by atoms with E-state index in [-0.39, 0.29) is 6.10 Å². The lowest BCUT2D eigenvalue weighted by Crippen LogP contribution is -1.99. The highest BCUT2D eigenvalue weighted by Gasteiger charge is 2.07. The SMILES string of the molecule is CCC(O)c1ccn(Cc2cccc3cccnc23)c1. The van der Waals surface area contributed by atoms with E-state index in [0.29, 0.717) is 0 Å². The van der Waals surface area contributed by atoms with E-state index >= 15 is 0 Å². The Morgan fingerprint density at radius 3 is 2.90 bits per heavy atom. The molecule has 1 N–H and O–H groups in total. The first kappa shape index (κ1) is 12.9. The summed E-state index contributed by atoms with van der Waals surface area (Å²) >= 11 is 0. The lowest BCUT2D eigenvalue weighted by Gasteiger charge is -2.07. The molecule has 0 saturated carbocycles. The molecule has 0 aliphatic carbocycles. The third-order valence-electron chi connectivity index (χ3n) is 3.61. The van der Waals surface area contributed by atoms with Crippen LogP contribution in [0.1, 0.15) is 30.6 Å². The van der Waals surface area contributed by atoms with Crippen molar-refractivity contribution in [2.45, 2.75) is 26.0 Å². The number of pyridine rings is 1. The molecule has 102 valence electrons. The molecule has 0 amide bonds. The van der Waals surface area contributed by atoms with Crippen LogP contribution in [-0.4, -0.2) is 14.7 Å². The number of aliphatic hydroxyl groups excluding tert-OH is 1. The minimum atomic E-state index is -0.373. The number of fused-ring (bicyclic) bond motifs is 1. The van der Waals surface area contributed by atoms with Crippen LogP contribution in [-0.2, 0) is 6.54 Å². The van der Waals surface area contributed by atoms with Crippen molar-refractivity contribution in [2.24, 2.45) is 0 Å². The monoisotopic (exact) mass is 266 g/mol. The first-order valence-corrected chi connectivity index (χ1v) is 6.94. The largest absolute Gasteiger partial charge is 0.388 e. The summed E-state index contributed by atoms with van der Waals surface area (Å²) in [5.74, 6) is 0. The Morgan fingerprint density at radius 2 is 2.05 bits per heavy atom. The zero-order valence-corrected chi connectivity index (χ0v) is 11.5. The Labute approximate surface area is 118 Å². The molecule has 0 spiro atoms. The standard InChI is InChI=1S/C17H18N2O/c1-2-16(20)14-8-10-19(11-14)12-15-6-3-5-13-7-4-9-18-17(13)15/h3-11,16,20H,2,12H2,1H3. The Balaban J connectivity index is 1.91. The molecule has 2 heterocycles. The molecule has 1 unspecified atom stereocenters. The molecule has 20 heavy (non-hydrogen) atoms. The second-order valence-corrected chi connectivity index (χ2v) is 5.03. The van der Waals surface area contributed by atoms with Crippen LogP contribution in [0.3, 0.4) is 0 Å². The van der Waals surface area contributed by atoms with Crippen molar-refractivity contribution in [2.75, 3.05) is 0 Å². The van der Waals surface area contributed by atoms with E-state index in [4.69, 9.17) is 0 Å². The molecule has 3 rings (SSSR count). The van der Waals surface area contributed by atoms with Crippen molar-refractivity contribution in [3.8, 4) is 0 Å². The quantitative estimate of drug-likeness (QED) is 0.784. The number of hydrogen-bond acceptors (Lipinski definition) is 2. The summed E-state index contributed by atoms with van der Waals surface area (Å²) in [5, 5.41) is 11.0. The second-order valence-electron chi connectivity index (χ2n) is 5.03. The van der Waals surface area contributed by atoms with Gasteiger partial charge < -0.3 is 9.67 Å². The number of benzene rings is 1. The van der Waals surface area contributed by atoms with Gasteiger partial charge >= 0.3 is 0 Å². The Kier molecular flexibility index (Phi) is 3.52. The Bertz CT molecular complexity index is 712. The predicted octanol–water partition coefficient (Wildman–Crippen LogP) is 3.53. The summed E-state index contributed by atoms with van der Waals surface area (Å²) in [6.07, 6.45) is 6.21. The van der Waals surface area contributed by atoms with E-state index in [1.807, 2.05) is 37.6 Å². The highest BCUT2D eigenvalue weighted by atomic mass is 16.3. The Morgan fingerprint density at radius 1 is 1.20 bits per heavy atom. The van der Waals surface area contributed by atoms with Gasteiger partial charge in [-0.2, -0.15) is 0 Å². The number of hydrogen-bond donors (Lipinski definition) is 1. The molecule has 3 heteroatoms. The van der Waals surface area contributed by atoms with Crippen LogP contribution in [0.15, 0.2) is 55.0 Å². The van der Waals surface area contributed by atoms with Gasteiger partial charge in [-0.15, -0.1) is 0 Å². The molecule has 1 atom stereocenters. The van der Waals surface area contributed by atoms with Crippen LogP contribution in [0.5, 0.6) is 0 Å². The van der Waals surface area contributed by atoms with Crippen molar-refractivity contribution >= 4 is 10.9 Å². The predicted molar refractivity (Wildman–Crippen MR) is 80.5 cm³/mol. The molecule has 0 bridgehead atoms. The maximum Gasteiger partial charge on any atom is 0.0802 e. The van der Waals surface area contributed by atoms with Crippen molar-refractivity contribution < 1.29 is 5.11 Å². The minimum absolute atomic E-state index is 0.373. The van der Waals surface area contributed by atoms with E-state index in [1.54, 1.807) is 0 Å². The lowest BCUT2D eigenvalue weighted by atomic mass is 10.1. The second kappa shape index (κ2) is 5.47. The zero-order chi connectivity index (χ0) is 13.9. The van der Waals surface area contributed by atoms with Gasteiger partial charge in [0.25, 0.3) is 0 Å². The molecule has 2 aromatic heterocycles. The van der Waals surface area contributed by atoms with E-state index in [1.165, 1.54) is 5.56 Å². The molecule has 0 radical (unpaired) electrons. The molecule has 0 fully saturated rings. The van der Waals surface area contributed by atoms with Crippen LogP contribution >= 0.6 is 0 Å². The third-order valence-corrected chi connectivity index (χ3v) is 3.61. The minimum Gasteiger partial charge on any atom is -0.388 e. The van der Waals surface area contributed by atoms with Gasteiger partial charge in [0.2, 0.25) is 0 Å². The van der Waals surface area contributed by atoms with E-state index in [9.17, 15) is 5.11 Å². The van der Waals surface area contributed by atoms with Gasteiger partial charge in [0.1, 0.15) is 0 Å². The first-order valence-electron chi connectivity index (χ1n) is 6.94. The van der Waals surface area contributed by atoms with E-state index < -0.39 is 0 Å². The number of aromatic nitrogens is 2. The van der Waals surface area contributed by atoms with Gasteiger partial charge in [-0.05, 0) is 29.7 Å². The van der Waals surface area contributed by atoms with Crippen molar-refractivity contribution in [3.05, 3.63) is 66.1 Å². The molecule has 0 aliphatic heterocycles. The number of aliphatic hydroxyl groups is 1. The fraction of sp³-hybridized carbons (Fsp3) is 0.235. The number of nitrogens with zero attached hydrogens (tertiary/aromatic N) is 2. The van der Waals surface area contributed by atoms with E-state index in [0.717, 1.165) is 29.4 Å². The summed E-state index contributed by atoms with van der Waals surface area (Å²) in [6.45, 7) is 2.75. The van der Waals surface area contributed by atoms with Crippen LogP contribution in [0, 0.1) is 0 Å². The zero-order valence-electron chi connectivity index (χ0n) is 11.5. The highest BCUT2D eigenvalue weighted by molar-refractivity contribution is 5.81. The molecule has 0 aliphatic rings. The highest BCUT2D eigenvalue weighted by Crippen LogP contribution is 2.20. The fourth-order valence-electron chi connectivity index (χ4n) is 2.48.